The summed E-state index contributed by atoms with van der Waals surface area (Å²) in [6, 6.07) is 19.5. The molecule has 0 aliphatic heterocycles. The maximum Gasteiger partial charge on any atom is 0.339 e. The number of nitrogens with zero attached hydrogens (tertiary/aromatic N) is 2. The molecular formula is C37H45N3O4. The Labute approximate surface area is 261 Å². The molecule has 1 amide bonds. The highest BCUT2D eigenvalue weighted by atomic mass is 16.6. The molecule has 232 valence electrons. The largest absolute Gasteiger partial charge is 0.456 e. The van der Waals surface area contributed by atoms with Gasteiger partial charge in [-0.1, -0.05) is 63.2 Å². The maximum atomic E-state index is 13.2. The van der Waals surface area contributed by atoms with Gasteiger partial charge in [0.1, 0.15) is 17.2 Å². The van der Waals surface area contributed by atoms with Crippen LogP contribution in [0.15, 0.2) is 60.7 Å². The van der Waals surface area contributed by atoms with Crippen molar-refractivity contribution in [2.75, 3.05) is 6.54 Å². The molecule has 0 saturated carbocycles. The summed E-state index contributed by atoms with van der Waals surface area (Å²) in [4.78, 5) is 43.2. The quantitative estimate of drug-likeness (QED) is 0.181. The summed E-state index contributed by atoms with van der Waals surface area (Å²) in [5.41, 5.74) is 6.07. The van der Waals surface area contributed by atoms with E-state index in [0.29, 0.717) is 24.2 Å². The number of ketones is 1. The molecule has 1 atom stereocenters. The van der Waals surface area contributed by atoms with Crippen LogP contribution in [0.25, 0.3) is 22.2 Å². The summed E-state index contributed by atoms with van der Waals surface area (Å²) in [5, 5.41) is 2.98. The molecule has 3 aromatic carbocycles. The van der Waals surface area contributed by atoms with Crippen LogP contribution in [0.4, 0.5) is 0 Å². The lowest BCUT2D eigenvalue weighted by Crippen LogP contribution is -2.34. The lowest BCUT2D eigenvalue weighted by molar-refractivity contribution is -0.121. The fourth-order valence-corrected chi connectivity index (χ4v) is 5.53. The van der Waals surface area contributed by atoms with Gasteiger partial charge in [0.15, 0.2) is 0 Å². The number of esters is 1. The molecule has 0 aliphatic carbocycles. The van der Waals surface area contributed by atoms with E-state index in [1.54, 1.807) is 13.0 Å². The van der Waals surface area contributed by atoms with E-state index in [4.69, 9.17) is 9.72 Å². The summed E-state index contributed by atoms with van der Waals surface area (Å²) in [5.74, 6) is 0.437. The zero-order valence-corrected chi connectivity index (χ0v) is 27.3. The van der Waals surface area contributed by atoms with E-state index in [0.717, 1.165) is 52.0 Å². The number of imidazole rings is 1. The molecule has 4 aromatic rings. The van der Waals surface area contributed by atoms with Gasteiger partial charge in [-0.15, -0.1) is 0 Å². The zero-order valence-electron chi connectivity index (χ0n) is 27.3. The SMILES string of the molecule is CCCc1nc2c(C)cc(C(=O)NCC(C(C)=O)C(C)C)cc2n1Cc1ccc(-c2ccccc2C(=O)OC(C)(C)C)cc1. The normalized spacial score (nSPS) is 12.4. The first-order valence-electron chi connectivity index (χ1n) is 15.5. The van der Waals surface area contributed by atoms with Gasteiger partial charge < -0.3 is 14.6 Å². The minimum Gasteiger partial charge on any atom is -0.456 e. The van der Waals surface area contributed by atoms with Crippen LogP contribution in [0.5, 0.6) is 0 Å². The Hall–Kier alpha value is -4.26. The second-order valence-corrected chi connectivity index (χ2v) is 12.9. The van der Waals surface area contributed by atoms with Gasteiger partial charge >= 0.3 is 5.97 Å². The Morgan fingerprint density at radius 1 is 1.00 bits per heavy atom. The second-order valence-electron chi connectivity index (χ2n) is 12.9. The van der Waals surface area contributed by atoms with E-state index in [2.05, 4.69) is 28.9 Å². The number of amides is 1. The molecule has 1 N–H and O–H groups in total. The highest BCUT2D eigenvalue weighted by molar-refractivity contribution is 5.99. The third-order valence-corrected chi connectivity index (χ3v) is 7.82. The van der Waals surface area contributed by atoms with Crippen molar-refractivity contribution in [2.45, 2.75) is 80.4 Å². The van der Waals surface area contributed by atoms with Crippen molar-refractivity contribution < 1.29 is 19.1 Å². The first-order valence-corrected chi connectivity index (χ1v) is 15.5. The number of carbonyl (C=O) groups is 3. The van der Waals surface area contributed by atoms with Crippen LogP contribution in [0, 0.1) is 18.8 Å². The Bertz CT molecular complexity index is 1660. The van der Waals surface area contributed by atoms with Gasteiger partial charge in [0.2, 0.25) is 0 Å². The average Bonchev–Trinajstić information content (AvgIpc) is 3.29. The number of nitrogens with one attached hydrogen (secondary N) is 1. The number of fused-ring (bicyclic) bond motifs is 1. The van der Waals surface area contributed by atoms with Gasteiger partial charge in [-0.25, -0.2) is 9.78 Å². The third kappa shape index (κ3) is 7.62. The lowest BCUT2D eigenvalue weighted by Gasteiger charge is -2.20. The van der Waals surface area contributed by atoms with E-state index < -0.39 is 5.60 Å². The summed E-state index contributed by atoms with van der Waals surface area (Å²) in [6.45, 7) is 16.2. The first kappa shape index (κ1) is 32.6. The minimum atomic E-state index is -0.582. The van der Waals surface area contributed by atoms with Crippen molar-refractivity contribution in [1.29, 1.82) is 0 Å². The van der Waals surface area contributed by atoms with E-state index in [1.165, 1.54) is 0 Å². The number of aromatic nitrogens is 2. The Balaban J connectivity index is 1.64. The molecule has 0 bridgehead atoms. The predicted molar refractivity (Wildman–Crippen MR) is 176 cm³/mol. The molecule has 1 unspecified atom stereocenters. The minimum absolute atomic E-state index is 0.0774. The molecular weight excluding hydrogens is 550 g/mol. The van der Waals surface area contributed by atoms with Crippen LogP contribution in [0.1, 0.15) is 92.6 Å². The van der Waals surface area contributed by atoms with Gasteiger partial charge in [0.05, 0.1) is 16.6 Å². The van der Waals surface area contributed by atoms with Crippen LogP contribution in [0.2, 0.25) is 0 Å². The monoisotopic (exact) mass is 595 g/mol. The third-order valence-electron chi connectivity index (χ3n) is 7.82. The van der Waals surface area contributed by atoms with Gasteiger partial charge in [-0.2, -0.15) is 0 Å². The van der Waals surface area contributed by atoms with E-state index in [-0.39, 0.29) is 29.5 Å². The number of hydrogen-bond donors (Lipinski definition) is 1. The van der Waals surface area contributed by atoms with Gasteiger partial charge in [-0.05, 0) is 87.4 Å². The number of rotatable bonds is 11. The van der Waals surface area contributed by atoms with E-state index in [9.17, 15) is 14.4 Å². The molecule has 0 saturated heterocycles. The zero-order chi connectivity index (χ0) is 32.2. The van der Waals surface area contributed by atoms with Crippen LogP contribution in [-0.2, 0) is 22.5 Å². The van der Waals surface area contributed by atoms with Crippen molar-refractivity contribution >= 4 is 28.7 Å². The topological polar surface area (TPSA) is 90.3 Å². The number of Topliss-reactive ketones (excluding diaryl/α,β-unsaturated/α-hetero) is 1. The maximum absolute atomic E-state index is 13.2. The van der Waals surface area contributed by atoms with Crippen LogP contribution in [-0.4, -0.2) is 39.4 Å². The summed E-state index contributed by atoms with van der Waals surface area (Å²) >= 11 is 0. The molecule has 7 heteroatoms. The molecule has 1 heterocycles. The first-order chi connectivity index (χ1) is 20.8. The molecule has 0 spiro atoms. The predicted octanol–water partition coefficient (Wildman–Crippen LogP) is 7.56. The van der Waals surface area contributed by atoms with Crippen LogP contribution >= 0.6 is 0 Å². The molecule has 44 heavy (non-hydrogen) atoms. The average molecular weight is 596 g/mol. The van der Waals surface area contributed by atoms with Gasteiger partial charge in [-0.3, -0.25) is 9.59 Å². The lowest BCUT2D eigenvalue weighted by atomic mass is 9.92. The van der Waals surface area contributed by atoms with Crippen molar-refractivity contribution in [3.8, 4) is 11.1 Å². The molecule has 0 fully saturated rings. The highest BCUT2D eigenvalue weighted by Gasteiger charge is 2.22. The van der Waals surface area contributed by atoms with Crippen molar-refractivity contribution in [3.63, 3.8) is 0 Å². The van der Waals surface area contributed by atoms with E-state index >= 15 is 0 Å². The van der Waals surface area contributed by atoms with Crippen molar-refractivity contribution in [1.82, 2.24) is 14.9 Å². The molecule has 1 aromatic heterocycles. The second kappa shape index (κ2) is 13.6. The van der Waals surface area contributed by atoms with E-state index in [1.807, 2.05) is 84.0 Å². The van der Waals surface area contributed by atoms with Crippen LogP contribution in [0.3, 0.4) is 0 Å². The van der Waals surface area contributed by atoms with Crippen molar-refractivity contribution in [3.05, 3.63) is 88.7 Å². The number of carbonyl (C=O) groups excluding carboxylic acids is 3. The summed E-state index contributed by atoms with van der Waals surface area (Å²) in [7, 11) is 0. The smallest absolute Gasteiger partial charge is 0.339 e. The number of ether oxygens (including phenoxy) is 1. The Morgan fingerprint density at radius 3 is 2.30 bits per heavy atom. The molecule has 0 aliphatic rings. The highest BCUT2D eigenvalue weighted by Crippen LogP contribution is 2.28. The standard InChI is InChI=1S/C37H45N3O4/c1-9-12-33-39-34-24(4)19-28(35(42)38-21-31(23(2)3)25(5)41)20-32(34)40(33)22-26-15-17-27(18-16-26)29-13-10-11-14-30(29)36(43)44-37(6,7)8/h10-11,13-20,23,31H,9,12,21-22H2,1-8H3,(H,38,42). The number of aryl methyl sites for hydroxylation is 2. The molecule has 4 rings (SSSR count). The van der Waals surface area contributed by atoms with Crippen LogP contribution < -0.4 is 5.32 Å². The molecule has 0 radical (unpaired) electrons. The Kier molecular flexibility index (Phi) is 10.1. The summed E-state index contributed by atoms with van der Waals surface area (Å²) < 4.78 is 7.84. The number of hydrogen-bond acceptors (Lipinski definition) is 5. The fourth-order valence-electron chi connectivity index (χ4n) is 5.53. The summed E-state index contributed by atoms with van der Waals surface area (Å²) in [6.07, 6.45) is 1.75. The van der Waals surface area contributed by atoms with Gasteiger partial charge in [0.25, 0.3) is 5.91 Å². The number of benzene rings is 3. The Morgan fingerprint density at radius 2 is 1.68 bits per heavy atom. The molecule has 7 nitrogen and oxygen atoms in total. The fraction of sp³-hybridized carbons (Fsp3) is 0.405. The van der Waals surface area contributed by atoms with Crippen molar-refractivity contribution in [2.24, 2.45) is 11.8 Å². The van der Waals surface area contributed by atoms with Gasteiger partial charge in [0, 0.05) is 31.0 Å².